The van der Waals surface area contributed by atoms with E-state index >= 15 is 0 Å². The topological polar surface area (TPSA) is 64.1 Å². The minimum absolute atomic E-state index is 0.384. The number of benzene rings is 1. The van der Waals surface area contributed by atoms with Crippen molar-refractivity contribution in [1.29, 1.82) is 0 Å². The number of nitrogens with zero attached hydrogens (tertiary/aromatic N) is 1. The summed E-state index contributed by atoms with van der Waals surface area (Å²) in [6.07, 6.45) is 0. The minimum atomic E-state index is 0.384. The fraction of sp³-hybridized carbons (Fsp3) is 0.167. The van der Waals surface area contributed by atoms with E-state index in [-0.39, 0.29) is 0 Å². The lowest BCUT2D eigenvalue weighted by Crippen LogP contribution is -2.09. The lowest BCUT2D eigenvalue weighted by Gasteiger charge is -2.08. The van der Waals surface area contributed by atoms with Crippen LogP contribution in [0.5, 0.6) is 0 Å². The number of aryl methyl sites for hydroxylation is 1. The van der Waals surface area contributed by atoms with Crippen LogP contribution in [-0.4, -0.2) is 10.1 Å². The van der Waals surface area contributed by atoms with Gasteiger partial charge in [0.15, 0.2) is 0 Å². The molecular formula is C12H12BrN3OS. The Kier molecular flexibility index (Phi) is 3.98. The van der Waals surface area contributed by atoms with Crippen LogP contribution in [-0.2, 0) is 6.54 Å². The van der Waals surface area contributed by atoms with Gasteiger partial charge in [0, 0.05) is 21.8 Å². The summed E-state index contributed by atoms with van der Waals surface area (Å²) in [6.45, 7) is 2.46. The molecule has 0 fully saturated rings. The second-order valence-corrected chi connectivity index (χ2v) is 5.14. The number of thiocarbonyl (C=S) groups is 1. The number of halogens is 1. The minimum Gasteiger partial charge on any atom is -0.389 e. The van der Waals surface area contributed by atoms with Crippen LogP contribution in [0, 0.1) is 6.92 Å². The highest BCUT2D eigenvalue weighted by Gasteiger charge is 2.05. The van der Waals surface area contributed by atoms with Gasteiger partial charge in [0.1, 0.15) is 16.4 Å². The van der Waals surface area contributed by atoms with E-state index in [9.17, 15) is 0 Å². The molecule has 0 saturated heterocycles. The van der Waals surface area contributed by atoms with Crippen LogP contribution in [0.15, 0.2) is 33.3 Å². The molecule has 2 rings (SSSR count). The van der Waals surface area contributed by atoms with Crippen molar-refractivity contribution >= 4 is 38.8 Å². The smallest absolute Gasteiger partial charge is 0.133 e. The fourth-order valence-electron chi connectivity index (χ4n) is 1.50. The SMILES string of the molecule is Cc1cc(CNc2ccc(C(N)=S)cc2Br)no1. The van der Waals surface area contributed by atoms with Crippen molar-refractivity contribution in [2.24, 2.45) is 5.73 Å². The van der Waals surface area contributed by atoms with Gasteiger partial charge in [-0.05, 0) is 41.1 Å². The summed E-state index contributed by atoms with van der Waals surface area (Å²) in [7, 11) is 0. The highest BCUT2D eigenvalue weighted by molar-refractivity contribution is 9.10. The van der Waals surface area contributed by atoms with Crippen molar-refractivity contribution < 1.29 is 4.52 Å². The lowest BCUT2D eigenvalue weighted by atomic mass is 10.2. The number of rotatable bonds is 4. The number of aromatic nitrogens is 1. The average Bonchev–Trinajstić information content (AvgIpc) is 2.73. The predicted octanol–water partition coefficient (Wildman–Crippen LogP) is 2.99. The van der Waals surface area contributed by atoms with Crippen LogP contribution >= 0.6 is 28.1 Å². The van der Waals surface area contributed by atoms with E-state index in [2.05, 4.69) is 26.4 Å². The van der Waals surface area contributed by atoms with E-state index in [1.54, 1.807) is 0 Å². The van der Waals surface area contributed by atoms with E-state index in [4.69, 9.17) is 22.5 Å². The van der Waals surface area contributed by atoms with E-state index < -0.39 is 0 Å². The average molecular weight is 326 g/mol. The molecule has 0 spiro atoms. The van der Waals surface area contributed by atoms with Crippen molar-refractivity contribution in [3.8, 4) is 0 Å². The Morgan fingerprint density at radius 1 is 1.50 bits per heavy atom. The largest absolute Gasteiger partial charge is 0.389 e. The zero-order chi connectivity index (χ0) is 13.1. The summed E-state index contributed by atoms with van der Waals surface area (Å²) in [5.41, 5.74) is 8.21. The number of nitrogens with one attached hydrogen (secondary N) is 1. The summed E-state index contributed by atoms with van der Waals surface area (Å²) in [5, 5.41) is 7.17. The number of anilines is 1. The maximum Gasteiger partial charge on any atom is 0.133 e. The Labute approximate surface area is 119 Å². The fourth-order valence-corrected chi connectivity index (χ4v) is 2.14. The van der Waals surface area contributed by atoms with Gasteiger partial charge >= 0.3 is 0 Å². The zero-order valence-corrected chi connectivity index (χ0v) is 12.1. The van der Waals surface area contributed by atoms with Gasteiger partial charge in [-0.15, -0.1) is 0 Å². The summed E-state index contributed by atoms with van der Waals surface area (Å²) < 4.78 is 5.91. The summed E-state index contributed by atoms with van der Waals surface area (Å²) in [5.74, 6) is 0.801. The van der Waals surface area contributed by atoms with Crippen molar-refractivity contribution in [2.45, 2.75) is 13.5 Å². The number of hydrogen-bond donors (Lipinski definition) is 2. The normalized spacial score (nSPS) is 10.3. The van der Waals surface area contributed by atoms with Gasteiger partial charge in [-0.2, -0.15) is 0 Å². The molecule has 2 aromatic rings. The van der Waals surface area contributed by atoms with E-state index in [1.807, 2.05) is 31.2 Å². The molecule has 3 N–H and O–H groups in total. The summed E-state index contributed by atoms with van der Waals surface area (Å²) in [6, 6.07) is 7.58. The Morgan fingerprint density at radius 3 is 2.83 bits per heavy atom. The van der Waals surface area contributed by atoms with Crippen molar-refractivity contribution in [1.82, 2.24) is 5.16 Å². The van der Waals surface area contributed by atoms with Crippen molar-refractivity contribution in [3.63, 3.8) is 0 Å². The summed E-state index contributed by atoms with van der Waals surface area (Å²) >= 11 is 8.40. The third-order valence-corrected chi connectivity index (χ3v) is 3.28. The Morgan fingerprint density at radius 2 is 2.28 bits per heavy atom. The van der Waals surface area contributed by atoms with Gasteiger partial charge in [0.2, 0.25) is 0 Å². The molecule has 18 heavy (non-hydrogen) atoms. The van der Waals surface area contributed by atoms with Gasteiger partial charge in [-0.25, -0.2) is 0 Å². The highest BCUT2D eigenvalue weighted by atomic mass is 79.9. The first-order valence-electron chi connectivity index (χ1n) is 5.31. The molecule has 6 heteroatoms. The van der Waals surface area contributed by atoms with Crippen LogP contribution in [0.25, 0.3) is 0 Å². The molecule has 1 aromatic carbocycles. The third-order valence-electron chi connectivity index (χ3n) is 2.39. The Hall–Kier alpha value is -1.40. The molecule has 1 aromatic heterocycles. The molecular weight excluding hydrogens is 314 g/mol. The highest BCUT2D eigenvalue weighted by Crippen LogP contribution is 2.24. The molecule has 0 atom stereocenters. The van der Waals surface area contributed by atoms with E-state index in [1.165, 1.54) is 0 Å². The third kappa shape index (κ3) is 3.08. The lowest BCUT2D eigenvalue weighted by molar-refractivity contribution is 0.391. The standard InChI is InChI=1S/C12H12BrN3OS/c1-7-4-9(16-17-7)6-15-11-3-2-8(12(14)18)5-10(11)13/h2-5,15H,6H2,1H3,(H2,14,18). The monoisotopic (exact) mass is 325 g/mol. The molecule has 4 nitrogen and oxygen atoms in total. The number of nitrogens with two attached hydrogens (primary N) is 1. The molecule has 0 amide bonds. The molecule has 0 unspecified atom stereocenters. The molecule has 0 aliphatic heterocycles. The van der Waals surface area contributed by atoms with Gasteiger partial charge in [-0.1, -0.05) is 17.4 Å². The summed E-state index contributed by atoms with van der Waals surface area (Å²) in [4.78, 5) is 0.384. The molecule has 0 bridgehead atoms. The number of hydrogen-bond acceptors (Lipinski definition) is 4. The maximum absolute atomic E-state index is 5.57. The van der Waals surface area contributed by atoms with Gasteiger partial charge in [0.25, 0.3) is 0 Å². The zero-order valence-electron chi connectivity index (χ0n) is 9.74. The van der Waals surface area contributed by atoms with Gasteiger partial charge in [-0.3, -0.25) is 0 Å². The second kappa shape index (κ2) is 5.49. The van der Waals surface area contributed by atoms with E-state index in [0.29, 0.717) is 11.5 Å². The first-order valence-corrected chi connectivity index (χ1v) is 6.52. The van der Waals surface area contributed by atoms with Gasteiger partial charge in [0.05, 0.1) is 6.54 Å². The Bertz CT molecular complexity index is 582. The molecule has 94 valence electrons. The van der Waals surface area contributed by atoms with Crippen molar-refractivity contribution in [3.05, 3.63) is 45.8 Å². The first kappa shape index (κ1) is 13.0. The van der Waals surface area contributed by atoms with Crippen LogP contribution in [0.3, 0.4) is 0 Å². The van der Waals surface area contributed by atoms with Crippen LogP contribution in [0.1, 0.15) is 17.0 Å². The maximum atomic E-state index is 5.57. The Balaban J connectivity index is 2.08. The first-order chi connectivity index (χ1) is 8.56. The molecule has 0 aliphatic rings. The van der Waals surface area contributed by atoms with Crippen molar-refractivity contribution in [2.75, 3.05) is 5.32 Å². The predicted molar refractivity (Wildman–Crippen MR) is 78.6 cm³/mol. The molecule has 0 radical (unpaired) electrons. The quantitative estimate of drug-likeness (QED) is 0.846. The van der Waals surface area contributed by atoms with Gasteiger partial charge < -0.3 is 15.6 Å². The van der Waals surface area contributed by atoms with E-state index in [0.717, 1.165) is 27.2 Å². The van der Waals surface area contributed by atoms with Crippen LogP contribution in [0.2, 0.25) is 0 Å². The molecule has 1 heterocycles. The second-order valence-electron chi connectivity index (χ2n) is 3.84. The van der Waals surface area contributed by atoms with Crippen LogP contribution < -0.4 is 11.1 Å². The molecule has 0 saturated carbocycles. The van der Waals surface area contributed by atoms with Crippen LogP contribution in [0.4, 0.5) is 5.69 Å². The molecule has 0 aliphatic carbocycles.